The maximum Gasteiger partial charge on any atom is 0.137 e. The zero-order valence-corrected chi connectivity index (χ0v) is 11.0. The summed E-state index contributed by atoms with van der Waals surface area (Å²) in [6.45, 7) is 5.38. The first-order chi connectivity index (χ1) is 8.70. The molecule has 2 rings (SSSR count). The molecule has 0 saturated carbocycles. The van der Waals surface area contributed by atoms with Crippen LogP contribution in [0.15, 0.2) is 18.5 Å². The molecule has 1 aliphatic heterocycles. The van der Waals surface area contributed by atoms with E-state index in [0.29, 0.717) is 13.2 Å². The molecule has 0 aromatic carbocycles. The quantitative estimate of drug-likeness (QED) is 0.872. The molecule has 0 radical (unpaired) electrons. The van der Waals surface area contributed by atoms with Gasteiger partial charge in [0.1, 0.15) is 5.75 Å². The molecule has 0 aliphatic carbocycles. The van der Waals surface area contributed by atoms with Gasteiger partial charge in [0.2, 0.25) is 0 Å². The first-order valence-corrected chi connectivity index (χ1v) is 6.58. The summed E-state index contributed by atoms with van der Waals surface area (Å²) in [7, 11) is 0. The second-order valence-electron chi connectivity index (χ2n) is 4.89. The van der Waals surface area contributed by atoms with E-state index in [1.807, 2.05) is 13.0 Å². The Morgan fingerprint density at radius 1 is 1.56 bits per heavy atom. The highest BCUT2D eigenvalue weighted by Gasteiger charge is 2.29. The lowest BCUT2D eigenvalue weighted by Gasteiger charge is -2.17. The minimum atomic E-state index is -0.521. The Bertz CT molecular complexity index is 383. The smallest absolute Gasteiger partial charge is 0.137 e. The van der Waals surface area contributed by atoms with Crippen molar-refractivity contribution in [3.8, 4) is 5.75 Å². The third kappa shape index (κ3) is 3.21. The van der Waals surface area contributed by atoms with Crippen molar-refractivity contribution < 1.29 is 14.6 Å². The summed E-state index contributed by atoms with van der Waals surface area (Å²) in [5, 5.41) is 10.3. The van der Waals surface area contributed by atoms with Crippen molar-refractivity contribution in [2.45, 2.75) is 38.9 Å². The summed E-state index contributed by atoms with van der Waals surface area (Å²) in [6, 6.07) is 1.87. The van der Waals surface area contributed by atoms with Crippen molar-refractivity contribution in [3.63, 3.8) is 0 Å². The van der Waals surface area contributed by atoms with Crippen LogP contribution in [-0.4, -0.2) is 29.4 Å². The van der Waals surface area contributed by atoms with Gasteiger partial charge in [-0.1, -0.05) is 6.92 Å². The Hall–Kier alpha value is -1.13. The van der Waals surface area contributed by atoms with Gasteiger partial charge in [0.05, 0.1) is 31.6 Å². The standard InChI is InChI=1S/C14H21NO3/c1-3-4-17-13-6-11(7-15-8-13)14(16)12-5-10(2)18-9-12/h6-8,10,12,14,16H,3-5,9H2,1-2H3. The Kier molecular flexibility index (Phi) is 4.55. The van der Waals surface area contributed by atoms with Crippen molar-refractivity contribution in [3.05, 3.63) is 24.0 Å². The minimum Gasteiger partial charge on any atom is -0.492 e. The maximum atomic E-state index is 10.3. The Balaban J connectivity index is 2.03. The average Bonchev–Trinajstić information content (AvgIpc) is 2.82. The van der Waals surface area contributed by atoms with Crippen molar-refractivity contribution in [1.29, 1.82) is 0 Å². The zero-order chi connectivity index (χ0) is 13.0. The Morgan fingerprint density at radius 2 is 2.39 bits per heavy atom. The lowest BCUT2D eigenvalue weighted by atomic mass is 9.94. The van der Waals surface area contributed by atoms with Gasteiger partial charge in [-0.15, -0.1) is 0 Å². The number of pyridine rings is 1. The van der Waals surface area contributed by atoms with Gasteiger partial charge in [0.25, 0.3) is 0 Å². The maximum absolute atomic E-state index is 10.3. The average molecular weight is 251 g/mol. The molecule has 100 valence electrons. The number of ether oxygens (including phenoxy) is 2. The van der Waals surface area contributed by atoms with E-state index in [-0.39, 0.29) is 12.0 Å². The van der Waals surface area contributed by atoms with E-state index in [4.69, 9.17) is 9.47 Å². The van der Waals surface area contributed by atoms with Gasteiger partial charge in [-0.25, -0.2) is 0 Å². The van der Waals surface area contributed by atoms with Gasteiger partial charge in [-0.3, -0.25) is 4.98 Å². The number of rotatable bonds is 5. The lowest BCUT2D eigenvalue weighted by Crippen LogP contribution is -2.13. The molecule has 0 spiro atoms. The Morgan fingerprint density at radius 3 is 3.06 bits per heavy atom. The molecule has 3 atom stereocenters. The van der Waals surface area contributed by atoms with E-state index in [0.717, 1.165) is 24.2 Å². The fourth-order valence-corrected chi connectivity index (χ4v) is 2.24. The molecule has 1 aromatic heterocycles. The van der Waals surface area contributed by atoms with E-state index in [9.17, 15) is 5.11 Å². The summed E-state index contributed by atoms with van der Waals surface area (Å²) in [5.41, 5.74) is 0.811. The summed E-state index contributed by atoms with van der Waals surface area (Å²) >= 11 is 0. The number of aromatic nitrogens is 1. The molecule has 0 amide bonds. The summed E-state index contributed by atoms with van der Waals surface area (Å²) in [5.74, 6) is 0.878. The highest BCUT2D eigenvalue weighted by Crippen LogP contribution is 2.32. The van der Waals surface area contributed by atoms with Crippen molar-refractivity contribution in [1.82, 2.24) is 4.98 Å². The predicted octanol–water partition coefficient (Wildman–Crippen LogP) is 2.33. The third-order valence-corrected chi connectivity index (χ3v) is 3.22. The fourth-order valence-electron chi connectivity index (χ4n) is 2.24. The molecule has 1 aliphatic rings. The molecule has 1 saturated heterocycles. The van der Waals surface area contributed by atoms with E-state index < -0.39 is 6.10 Å². The van der Waals surface area contributed by atoms with Crippen LogP contribution in [-0.2, 0) is 4.74 Å². The number of nitrogens with zero attached hydrogens (tertiary/aromatic N) is 1. The number of aliphatic hydroxyl groups is 1. The summed E-state index contributed by atoms with van der Waals surface area (Å²) in [6.07, 6.45) is 4.94. The molecule has 2 heterocycles. The van der Waals surface area contributed by atoms with Crippen LogP contribution in [0.25, 0.3) is 0 Å². The second kappa shape index (κ2) is 6.16. The predicted molar refractivity (Wildman–Crippen MR) is 68.5 cm³/mol. The third-order valence-electron chi connectivity index (χ3n) is 3.22. The van der Waals surface area contributed by atoms with Crippen molar-refractivity contribution in [2.75, 3.05) is 13.2 Å². The molecule has 1 N–H and O–H groups in total. The Labute approximate surface area is 108 Å². The van der Waals surface area contributed by atoms with Crippen LogP contribution in [0.4, 0.5) is 0 Å². The molecule has 4 heteroatoms. The number of hydrogen-bond acceptors (Lipinski definition) is 4. The van der Waals surface area contributed by atoms with E-state index in [1.165, 1.54) is 0 Å². The van der Waals surface area contributed by atoms with Crippen molar-refractivity contribution in [2.24, 2.45) is 5.92 Å². The number of aliphatic hydroxyl groups excluding tert-OH is 1. The van der Waals surface area contributed by atoms with Gasteiger partial charge in [0, 0.05) is 17.7 Å². The van der Waals surface area contributed by atoms with Crippen LogP contribution < -0.4 is 4.74 Å². The number of hydrogen-bond donors (Lipinski definition) is 1. The van der Waals surface area contributed by atoms with E-state index >= 15 is 0 Å². The molecule has 0 bridgehead atoms. The molecule has 1 fully saturated rings. The molecule has 4 nitrogen and oxygen atoms in total. The van der Waals surface area contributed by atoms with Crippen LogP contribution >= 0.6 is 0 Å². The second-order valence-corrected chi connectivity index (χ2v) is 4.89. The van der Waals surface area contributed by atoms with Crippen LogP contribution in [0.5, 0.6) is 5.75 Å². The van der Waals surface area contributed by atoms with Gasteiger partial charge in [-0.05, 0) is 25.8 Å². The van der Waals surface area contributed by atoms with Gasteiger partial charge < -0.3 is 14.6 Å². The summed E-state index contributed by atoms with van der Waals surface area (Å²) in [4.78, 5) is 4.12. The molecule has 18 heavy (non-hydrogen) atoms. The zero-order valence-electron chi connectivity index (χ0n) is 11.0. The van der Waals surface area contributed by atoms with Gasteiger partial charge >= 0.3 is 0 Å². The van der Waals surface area contributed by atoms with Crippen molar-refractivity contribution >= 4 is 0 Å². The lowest BCUT2D eigenvalue weighted by molar-refractivity contribution is 0.0800. The summed E-state index contributed by atoms with van der Waals surface area (Å²) < 4.78 is 11.0. The van der Waals surface area contributed by atoms with Crippen LogP contribution in [0.2, 0.25) is 0 Å². The van der Waals surface area contributed by atoms with Gasteiger partial charge in [0.15, 0.2) is 0 Å². The molecular formula is C14H21NO3. The van der Waals surface area contributed by atoms with E-state index in [1.54, 1.807) is 12.4 Å². The largest absolute Gasteiger partial charge is 0.492 e. The molecule has 1 aromatic rings. The monoisotopic (exact) mass is 251 g/mol. The van der Waals surface area contributed by atoms with E-state index in [2.05, 4.69) is 11.9 Å². The first-order valence-electron chi connectivity index (χ1n) is 6.58. The SMILES string of the molecule is CCCOc1cncc(C(O)C2COC(C)C2)c1. The minimum absolute atomic E-state index is 0.156. The fraction of sp³-hybridized carbons (Fsp3) is 0.643. The van der Waals surface area contributed by atoms with Crippen LogP contribution in [0.1, 0.15) is 38.4 Å². The molecular weight excluding hydrogens is 230 g/mol. The highest BCUT2D eigenvalue weighted by molar-refractivity contribution is 5.25. The highest BCUT2D eigenvalue weighted by atomic mass is 16.5. The molecule has 3 unspecified atom stereocenters. The van der Waals surface area contributed by atoms with Gasteiger partial charge in [-0.2, -0.15) is 0 Å². The topological polar surface area (TPSA) is 51.6 Å². The van der Waals surface area contributed by atoms with Crippen LogP contribution in [0, 0.1) is 5.92 Å². The normalized spacial score (nSPS) is 25.1. The van der Waals surface area contributed by atoms with Crippen LogP contribution in [0.3, 0.4) is 0 Å². The first kappa shape index (κ1) is 13.3.